The number of Topliss-reactive ketones (excluding diaryl/α,β-unsaturated/α-hetero) is 2. The van der Waals surface area contributed by atoms with Gasteiger partial charge in [-0.15, -0.1) is 5.76 Å². The van der Waals surface area contributed by atoms with Crippen LogP contribution in [-0.2, 0) is 16.1 Å². The Morgan fingerprint density at radius 3 is 2.54 bits per heavy atom. The molecule has 2 unspecified atom stereocenters. The summed E-state index contributed by atoms with van der Waals surface area (Å²) in [6.45, 7) is 1.62. The number of allylic oxidation sites excluding steroid dienone is 2. The Morgan fingerprint density at radius 1 is 1.25 bits per heavy atom. The summed E-state index contributed by atoms with van der Waals surface area (Å²) in [4.78, 5) is 51.3. The van der Waals surface area contributed by atoms with Gasteiger partial charge >= 0.3 is 29.6 Å². The quantitative estimate of drug-likeness (QED) is 0.295. The van der Waals surface area contributed by atoms with Gasteiger partial charge in [0.15, 0.2) is 5.78 Å². The number of hydrogen-bond donors (Lipinski definition) is 0. The molecule has 0 N–H and O–H groups in total. The molecule has 0 aliphatic heterocycles. The summed E-state index contributed by atoms with van der Waals surface area (Å²) in [5, 5.41) is 16.6. The van der Waals surface area contributed by atoms with E-state index in [1.54, 1.807) is 21.0 Å². The topological polar surface area (TPSA) is 112 Å². The van der Waals surface area contributed by atoms with E-state index in [9.17, 15) is 24.3 Å². The van der Waals surface area contributed by atoms with E-state index in [1.165, 1.54) is 11.0 Å². The Balaban J connectivity index is 0.00000280. The van der Waals surface area contributed by atoms with Crippen molar-refractivity contribution in [3.63, 3.8) is 0 Å². The van der Waals surface area contributed by atoms with Gasteiger partial charge in [-0.05, 0) is 38.2 Å². The molecule has 2 aliphatic carbocycles. The Bertz CT molecular complexity index is 919. The normalized spacial score (nSPS) is 20.8. The number of aromatic nitrogens is 2. The second-order valence-corrected chi connectivity index (χ2v) is 7.41. The summed E-state index contributed by atoms with van der Waals surface area (Å²) in [5.74, 6) is -2.47. The molecular weight excluding hydrogens is 373 g/mol. The molecule has 0 saturated heterocycles. The van der Waals surface area contributed by atoms with E-state index in [0.29, 0.717) is 25.0 Å². The van der Waals surface area contributed by atoms with Crippen molar-refractivity contribution in [2.75, 3.05) is 14.1 Å². The number of hydrogen-bond acceptors (Lipinski definition) is 6. The number of nitrogens with zero attached hydrogens (tertiary/aromatic N) is 3. The van der Waals surface area contributed by atoms with E-state index in [4.69, 9.17) is 0 Å². The van der Waals surface area contributed by atoms with Gasteiger partial charge in [-0.2, -0.15) is 5.10 Å². The maximum atomic E-state index is 12.9. The average molecular weight is 395 g/mol. The summed E-state index contributed by atoms with van der Waals surface area (Å²) in [5.41, 5.74) is -0.900. The standard InChI is InChI=1S/C19H23N3O5.Na/c1-10-8-13(19(27)22(20-10)7-6-14(23)21(2)3)18(26)15-16(24)11-4-5-12(9-11)17(15)25;/h8,11-12,24H,4-7,9H2,1-3H3;/q;+1/p-1. The molecule has 2 atom stereocenters. The van der Waals surface area contributed by atoms with Crippen molar-refractivity contribution in [2.45, 2.75) is 39.2 Å². The SMILES string of the molecule is Cc1cc(C(=O)C2=C([O-])C3CCC(C3)C2=O)c(=O)n(CCC(=O)N(C)C)n1.[Na+]. The van der Waals surface area contributed by atoms with Crippen molar-refractivity contribution >= 4 is 17.5 Å². The number of rotatable bonds is 5. The van der Waals surface area contributed by atoms with E-state index in [-0.39, 0.29) is 71.4 Å². The van der Waals surface area contributed by atoms with Crippen molar-refractivity contribution in [3.8, 4) is 0 Å². The number of aryl methyl sites for hydroxylation is 2. The second kappa shape index (κ2) is 8.71. The van der Waals surface area contributed by atoms with Crippen LogP contribution in [0.15, 0.2) is 22.2 Å². The van der Waals surface area contributed by atoms with E-state index >= 15 is 0 Å². The van der Waals surface area contributed by atoms with E-state index in [1.807, 2.05) is 0 Å². The minimum Gasteiger partial charge on any atom is -0.875 e. The zero-order chi connectivity index (χ0) is 19.9. The molecule has 28 heavy (non-hydrogen) atoms. The molecule has 144 valence electrons. The maximum absolute atomic E-state index is 12.9. The van der Waals surface area contributed by atoms with Crippen molar-refractivity contribution in [2.24, 2.45) is 11.8 Å². The summed E-state index contributed by atoms with van der Waals surface area (Å²) in [6, 6.07) is 1.30. The number of carbonyl (C=O) groups excluding carboxylic acids is 3. The molecule has 1 fully saturated rings. The summed E-state index contributed by atoms with van der Waals surface area (Å²) >= 11 is 0. The number of fused-ring (bicyclic) bond motifs is 2. The third-order valence-corrected chi connectivity index (χ3v) is 5.27. The summed E-state index contributed by atoms with van der Waals surface area (Å²) < 4.78 is 1.05. The maximum Gasteiger partial charge on any atom is 1.00 e. The molecule has 3 rings (SSSR count). The third kappa shape index (κ3) is 4.14. The van der Waals surface area contributed by atoms with Crippen LogP contribution >= 0.6 is 0 Å². The first-order chi connectivity index (χ1) is 12.7. The first-order valence-electron chi connectivity index (χ1n) is 8.99. The van der Waals surface area contributed by atoms with Crippen LogP contribution in [0.5, 0.6) is 0 Å². The number of amides is 1. The molecule has 1 aromatic rings. The summed E-state index contributed by atoms with van der Waals surface area (Å²) in [7, 11) is 3.21. The van der Waals surface area contributed by atoms with Crippen LogP contribution in [0.4, 0.5) is 0 Å². The van der Waals surface area contributed by atoms with Gasteiger partial charge in [0.2, 0.25) is 11.7 Å². The van der Waals surface area contributed by atoms with Crippen LogP contribution in [-0.4, -0.2) is 46.2 Å². The van der Waals surface area contributed by atoms with E-state index in [0.717, 1.165) is 4.68 Å². The first kappa shape index (κ1) is 22.5. The monoisotopic (exact) mass is 395 g/mol. The first-order valence-corrected chi connectivity index (χ1v) is 8.99. The second-order valence-electron chi connectivity index (χ2n) is 7.41. The fourth-order valence-electron chi connectivity index (χ4n) is 3.76. The molecule has 1 saturated carbocycles. The van der Waals surface area contributed by atoms with Crippen molar-refractivity contribution in [1.82, 2.24) is 14.7 Å². The molecule has 1 aromatic heterocycles. The van der Waals surface area contributed by atoms with Gasteiger partial charge < -0.3 is 10.0 Å². The van der Waals surface area contributed by atoms with Gasteiger partial charge in [-0.1, -0.05) is 0 Å². The predicted molar refractivity (Wildman–Crippen MR) is 93.7 cm³/mol. The molecule has 1 heterocycles. The van der Waals surface area contributed by atoms with Crippen LogP contribution in [0.2, 0.25) is 0 Å². The zero-order valence-corrected chi connectivity index (χ0v) is 18.7. The van der Waals surface area contributed by atoms with Gasteiger partial charge in [-0.25, -0.2) is 4.68 Å². The Morgan fingerprint density at radius 2 is 1.89 bits per heavy atom. The van der Waals surface area contributed by atoms with E-state index in [2.05, 4.69) is 5.10 Å². The summed E-state index contributed by atoms with van der Waals surface area (Å²) in [6.07, 6.45) is 1.77. The fraction of sp³-hybridized carbons (Fsp3) is 0.526. The van der Waals surface area contributed by atoms with Crippen molar-refractivity contribution in [1.29, 1.82) is 0 Å². The van der Waals surface area contributed by atoms with Gasteiger partial charge in [0.25, 0.3) is 5.56 Å². The smallest absolute Gasteiger partial charge is 0.875 e. The van der Waals surface area contributed by atoms with Crippen LogP contribution < -0.4 is 40.2 Å². The van der Waals surface area contributed by atoms with Gasteiger partial charge in [0.1, 0.15) is 0 Å². The van der Waals surface area contributed by atoms with Crippen LogP contribution in [0, 0.1) is 18.8 Å². The largest absolute Gasteiger partial charge is 1.00 e. The zero-order valence-electron chi connectivity index (χ0n) is 16.7. The van der Waals surface area contributed by atoms with Gasteiger partial charge in [0, 0.05) is 26.4 Å². The van der Waals surface area contributed by atoms with Crippen LogP contribution in [0.1, 0.15) is 41.7 Å². The molecule has 0 spiro atoms. The molecule has 8 nitrogen and oxygen atoms in total. The van der Waals surface area contributed by atoms with Gasteiger partial charge in [-0.3, -0.25) is 19.2 Å². The molecule has 9 heteroatoms. The van der Waals surface area contributed by atoms with Crippen molar-refractivity contribution < 1.29 is 49.0 Å². The number of carbonyl (C=O) groups is 3. The minimum absolute atomic E-state index is 0. The third-order valence-electron chi connectivity index (χ3n) is 5.27. The fourth-order valence-corrected chi connectivity index (χ4v) is 3.76. The minimum atomic E-state index is -0.815. The van der Waals surface area contributed by atoms with Crippen LogP contribution in [0.25, 0.3) is 0 Å². The Hall–Kier alpha value is -1.77. The molecule has 2 bridgehead atoms. The molecule has 1 amide bonds. The molecule has 0 radical (unpaired) electrons. The van der Waals surface area contributed by atoms with Crippen LogP contribution in [0.3, 0.4) is 0 Å². The average Bonchev–Trinajstić information content (AvgIpc) is 3.07. The molecule has 0 aromatic carbocycles. The van der Waals surface area contributed by atoms with Crippen molar-refractivity contribution in [3.05, 3.63) is 39.0 Å². The Labute approximate surface area is 184 Å². The number of ketones is 2. The Kier molecular flexibility index (Phi) is 7.01. The molecule has 2 aliphatic rings. The predicted octanol–water partition coefficient (Wildman–Crippen LogP) is -3.17. The molecular formula is C19H22N3NaO5. The van der Waals surface area contributed by atoms with E-state index < -0.39 is 22.9 Å². The van der Waals surface area contributed by atoms with Gasteiger partial charge in [0.05, 0.1) is 23.4 Å².